The molecule has 84 valence electrons. The normalized spacial score (nSPS) is 10.5. The summed E-state index contributed by atoms with van der Waals surface area (Å²) in [5.74, 6) is 0.773. The van der Waals surface area contributed by atoms with E-state index in [9.17, 15) is 0 Å². The predicted molar refractivity (Wildman–Crippen MR) is 64.9 cm³/mol. The molecular weight excluding hydrogens is 210 g/mol. The van der Waals surface area contributed by atoms with Gasteiger partial charge in [0.15, 0.2) is 0 Å². The van der Waals surface area contributed by atoms with Crippen LogP contribution in [0.3, 0.4) is 0 Å². The van der Waals surface area contributed by atoms with Gasteiger partial charge in [-0.15, -0.1) is 0 Å². The summed E-state index contributed by atoms with van der Waals surface area (Å²) in [6, 6.07) is 1.99. The number of aryl methyl sites for hydroxylation is 1. The van der Waals surface area contributed by atoms with E-state index in [1.807, 2.05) is 19.9 Å². The molecule has 3 heteroatoms. The fraction of sp³-hybridized carbons (Fsp3) is 0.500. The lowest BCUT2D eigenvalue weighted by Crippen LogP contribution is -2.07. The van der Waals surface area contributed by atoms with Crippen molar-refractivity contribution in [3.8, 4) is 5.75 Å². The minimum absolute atomic E-state index is 0.634. The lowest BCUT2D eigenvalue weighted by Gasteiger charge is -2.14. The van der Waals surface area contributed by atoms with Gasteiger partial charge in [-0.1, -0.05) is 11.6 Å². The second-order valence-electron chi connectivity index (χ2n) is 3.58. The first-order valence-electron chi connectivity index (χ1n) is 5.23. The Kier molecular flexibility index (Phi) is 4.43. The summed E-state index contributed by atoms with van der Waals surface area (Å²) in [6.07, 6.45) is 0.865. The Labute approximate surface area is 96.4 Å². The van der Waals surface area contributed by atoms with Crippen molar-refractivity contribution in [3.63, 3.8) is 0 Å². The van der Waals surface area contributed by atoms with Gasteiger partial charge in [0.25, 0.3) is 0 Å². The van der Waals surface area contributed by atoms with Gasteiger partial charge in [-0.05, 0) is 56.5 Å². The number of benzene rings is 1. The maximum Gasteiger partial charge on any atom is 0.138 e. The number of nitrogens with two attached hydrogens (primary N) is 1. The monoisotopic (exact) mass is 227 g/mol. The van der Waals surface area contributed by atoms with Crippen LogP contribution in [-0.2, 0) is 6.42 Å². The van der Waals surface area contributed by atoms with Crippen molar-refractivity contribution in [1.82, 2.24) is 0 Å². The first-order chi connectivity index (χ1) is 7.11. The zero-order valence-corrected chi connectivity index (χ0v) is 10.3. The van der Waals surface area contributed by atoms with Gasteiger partial charge in [0.05, 0.1) is 11.6 Å². The smallest absolute Gasteiger partial charge is 0.138 e. The van der Waals surface area contributed by atoms with Crippen molar-refractivity contribution in [2.45, 2.75) is 27.2 Å². The molecule has 2 N–H and O–H groups in total. The van der Waals surface area contributed by atoms with Gasteiger partial charge < -0.3 is 10.5 Å². The van der Waals surface area contributed by atoms with E-state index < -0.39 is 0 Å². The Morgan fingerprint density at radius 2 is 2.07 bits per heavy atom. The molecular formula is C12H18ClNO. The second kappa shape index (κ2) is 5.38. The largest absolute Gasteiger partial charge is 0.492 e. The van der Waals surface area contributed by atoms with Crippen LogP contribution in [0.1, 0.15) is 23.6 Å². The van der Waals surface area contributed by atoms with E-state index in [1.165, 1.54) is 11.1 Å². The lowest BCUT2D eigenvalue weighted by molar-refractivity contribution is 0.340. The van der Waals surface area contributed by atoms with Crippen molar-refractivity contribution in [2.75, 3.05) is 13.2 Å². The number of ether oxygens (including phenoxy) is 1. The molecule has 0 atom stereocenters. The van der Waals surface area contributed by atoms with E-state index in [0.717, 1.165) is 17.7 Å². The first kappa shape index (κ1) is 12.3. The van der Waals surface area contributed by atoms with Gasteiger partial charge in [-0.2, -0.15) is 0 Å². The molecule has 0 unspecified atom stereocenters. The van der Waals surface area contributed by atoms with E-state index in [-0.39, 0.29) is 0 Å². The van der Waals surface area contributed by atoms with E-state index in [4.69, 9.17) is 22.1 Å². The molecule has 0 heterocycles. The molecule has 0 aliphatic rings. The maximum absolute atomic E-state index is 6.22. The van der Waals surface area contributed by atoms with Crippen LogP contribution in [0.4, 0.5) is 0 Å². The zero-order chi connectivity index (χ0) is 11.4. The molecule has 0 spiro atoms. The third-order valence-corrected chi connectivity index (χ3v) is 2.99. The van der Waals surface area contributed by atoms with E-state index in [0.29, 0.717) is 18.2 Å². The molecule has 1 rings (SSSR count). The van der Waals surface area contributed by atoms with Crippen LogP contribution in [0.25, 0.3) is 0 Å². The molecule has 1 aromatic rings. The predicted octanol–water partition coefficient (Wildman–Crippen LogP) is 2.86. The first-order valence-corrected chi connectivity index (χ1v) is 5.61. The molecule has 0 aliphatic heterocycles. The average Bonchev–Trinajstić information content (AvgIpc) is 2.21. The Morgan fingerprint density at radius 3 is 2.60 bits per heavy atom. The van der Waals surface area contributed by atoms with Crippen molar-refractivity contribution in [3.05, 3.63) is 27.8 Å². The van der Waals surface area contributed by atoms with E-state index in [1.54, 1.807) is 0 Å². The summed E-state index contributed by atoms with van der Waals surface area (Å²) in [7, 11) is 0. The van der Waals surface area contributed by atoms with Gasteiger partial charge in [0.1, 0.15) is 5.75 Å². The van der Waals surface area contributed by atoms with Crippen molar-refractivity contribution in [2.24, 2.45) is 5.73 Å². The molecule has 0 fully saturated rings. The minimum Gasteiger partial charge on any atom is -0.492 e. The summed E-state index contributed by atoms with van der Waals surface area (Å²) in [5.41, 5.74) is 9.10. The number of hydrogen-bond donors (Lipinski definition) is 1. The number of halogens is 1. The molecule has 0 amide bonds. The van der Waals surface area contributed by atoms with Crippen LogP contribution in [0.5, 0.6) is 5.75 Å². The summed E-state index contributed by atoms with van der Waals surface area (Å²) < 4.78 is 5.47. The highest BCUT2D eigenvalue weighted by Gasteiger charge is 2.11. The van der Waals surface area contributed by atoms with Gasteiger partial charge in [-0.3, -0.25) is 0 Å². The molecule has 0 aliphatic carbocycles. The zero-order valence-electron chi connectivity index (χ0n) is 9.56. The van der Waals surface area contributed by atoms with Crippen molar-refractivity contribution >= 4 is 11.6 Å². The van der Waals surface area contributed by atoms with E-state index >= 15 is 0 Å². The third-order valence-electron chi connectivity index (χ3n) is 2.52. The molecule has 0 aromatic heterocycles. The molecule has 15 heavy (non-hydrogen) atoms. The summed E-state index contributed by atoms with van der Waals surface area (Å²) in [4.78, 5) is 0. The summed E-state index contributed by atoms with van der Waals surface area (Å²) in [6.45, 7) is 7.31. The highest BCUT2D eigenvalue weighted by Crippen LogP contribution is 2.32. The standard InChI is InChI=1S/C12H18ClNO/c1-4-15-11-7-8(2)10(5-6-14)9(3)12(11)13/h7H,4-6,14H2,1-3H3. The van der Waals surface area contributed by atoms with Crippen LogP contribution in [-0.4, -0.2) is 13.2 Å². The van der Waals surface area contributed by atoms with Crippen molar-refractivity contribution < 1.29 is 4.74 Å². The minimum atomic E-state index is 0.634. The van der Waals surface area contributed by atoms with Gasteiger partial charge in [-0.25, -0.2) is 0 Å². The summed E-state index contributed by atoms with van der Waals surface area (Å²) >= 11 is 6.22. The topological polar surface area (TPSA) is 35.2 Å². The van der Waals surface area contributed by atoms with Gasteiger partial charge in [0.2, 0.25) is 0 Å². The SMILES string of the molecule is CCOc1cc(C)c(CCN)c(C)c1Cl. The van der Waals surface area contributed by atoms with Gasteiger partial charge in [0, 0.05) is 0 Å². The fourth-order valence-corrected chi connectivity index (χ4v) is 1.97. The van der Waals surface area contributed by atoms with Gasteiger partial charge >= 0.3 is 0 Å². The highest BCUT2D eigenvalue weighted by molar-refractivity contribution is 6.33. The quantitative estimate of drug-likeness (QED) is 0.859. The van der Waals surface area contributed by atoms with Crippen molar-refractivity contribution in [1.29, 1.82) is 0 Å². The molecule has 0 saturated carbocycles. The van der Waals surface area contributed by atoms with Crippen LogP contribution in [0.15, 0.2) is 6.07 Å². The Balaban J connectivity index is 3.18. The molecule has 0 saturated heterocycles. The Hall–Kier alpha value is -0.730. The van der Waals surface area contributed by atoms with Crippen LogP contribution >= 0.6 is 11.6 Å². The summed E-state index contributed by atoms with van der Waals surface area (Å²) in [5, 5.41) is 0.714. The Bertz CT molecular complexity index is 350. The number of hydrogen-bond acceptors (Lipinski definition) is 2. The molecule has 0 bridgehead atoms. The fourth-order valence-electron chi connectivity index (χ4n) is 1.75. The third kappa shape index (κ3) is 2.64. The molecule has 1 aromatic carbocycles. The van der Waals surface area contributed by atoms with E-state index in [2.05, 4.69) is 6.92 Å². The highest BCUT2D eigenvalue weighted by atomic mass is 35.5. The maximum atomic E-state index is 6.22. The average molecular weight is 228 g/mol. The lowest BCUT2D eigenvalue weighted by atomic mass is 9.99. The van der Waals surface area contributed by atoms with Crippen LogP contribution in [0, 0.1) is 13.8 Å². The van der Waals surface area contributed by atoms with Crippen LogP contribution < -0.4 is 10.5 Å². The molecule has 2 nitrogen and oxygen atoms in total. The van der Waals surface area contributed by atoms with Crippen LogP contribution in [0.2, 0.25) is 5.02 Å². The Morgan fingerprint density at radius 1 is 1.40 bits per heavy atom. The second-order valence-corrected chi connectivity index (χ2v) is 3.96. The molecule has 0 radical (unpaired) electrons. The number of rotatable bonds is 4.